The smallest absolute Gasteiger partial charge is 0.208 e. The lowest BCUT2D eigenvalue weighted by molar-refractivity contribution is 0.0399. The fourth-order valence-corrected chi connectivity index (χ4v) is 3.10. The normalized spacial score (nSPS) is 25.6. The van der Waals surface area contributed by atoms with Crippen molar-refractivity contribution in [1.29, 1.82) is 0 Å². The molecule has 23 heavy (non-hydrogen) atoms. The van der Waals surface area contributed by atoms with Crippen LogP contribution in [-0.2, 0) is 12.1 Å². The molecule has 4 rings (SSSR count). The zero-order valence-electron chi connectivity index (χ0n) is 13.6. The second-order valence-corrected chi connectivity index (χ2v) is 7.10. The zero-order valence-corrected chi connectivity index (χ0v) is 13.6. The highest BCUT2D eigenvalue weighted by Crippen LogP contribution is 2.40. The lowest BCUT2D eigenvalue weighted by Crippen LogP contribution is -2.31. The Bertz CT molecular complexity index is 690. The first-order valence-electron chi connectivity index (χ1n) is 8.35. The number of hydrogen-bond donors (Lipinski definition) is 1. The minimum atomic E-state index is -0.931. The molecule has 1 saturated carbocycles. The molecule has 2 aromatic heterocycles. The number of β-amino-alcohol motifs (C(OH)–C–C–N with tert-alkyl or cyclic N) is 1. The Morgan fingerprint density at radius 3 is 2.96 bits per heavy atom. The van der Waals surface area contributed by atoms with E-state index in [-0.39, 0.29) is 6.04 Å². The quantitative estimate of drug-likeness (QED) is 0.906. The summed E-state index contributed by atoms with van der Waals surface area (Å²) in [6, 6.07) is 0.241. The van der Waals surface area contributed by atoms with Crippen LogP contribution < -0.4 is 0 Å². The Morgan fingerprint density at radius 1 is 1.43 bits per heavy atom. The van der Waals surface area contributed by atoms with Gasteiger partial charge in [-0.25, -0.2) is 9.67 Å². The van der Waals surface area contributed by atoms with Crippen LogP contribution in [-0.4, -0.2) is 43.1 Å². The predicted octanol–water partition coefficient (Wildman–Crippen LogP) is 1.82. The number of aliphatic hydroxyl groups is 1. The highest BCUT2D eigenvalue weighted by molar-refractivity contribution is 5.12. The van der Waals surface area contributed by atoms with Crippen LogP contribution >= 0.6 is 0 Å². The molecule has 0 spiro atoms. The van der Waals surface area contributed by atoms with E-state index < -0.39 is 5.60 Å². The summed E-state index contributed by atoms with van der Waals surface area (Å²) in [7, 11) is 0. The lowest BCUT2D eigenvalue weighted by atomic mass is 10.00. The van der Waals surface area contributed by atoms with E-state index >= 15 is 0 Å². The average molecular weight is 317 g/mol. The number of aromatic nitrogens is 4. The molecule has 1 unspecified atom stereocenters. The molecule has 1 aliphatic carbocycles. The summed E-state index contributed by atoms with van der Waals surface area (Å²) in [6.07, 6.45) is 6.78. The summed E-state index contributed by atoms with van der Waals surface area (Å²) in [5, 5.41) is 19.2. The fraction of sp³-hybridized carbons (Fsp3) is 0.688. The third-order valence-corrected chi connectivity index (χ3v) is 4.75. The van der Waals surface area contributed by atoms with Gasteiger partial charge in [-0.1, -0.05) is 5.21 Å². The van der Waals surface area contributed by atoms with Gasteiger partial charge in [-0.3, -0.25) is 4.90 Å². The average Bonchev–Trinajstić information content (AvgIpc) is 2.93. The molecule has 1 N–H and O–H groups in total. The number of likely N-dealkylation sites (tertiary alicyclic amines) is 1. The number of rotatable bonds is 5. The molecule has 0 aromatic carbocycles. The van der Waals surface area contributed by atoms with E-state index in [2.05, 4.69) is 20.2 Å². The first kappa shape index (κ1) is 14.8. The van der Waals surface area contributed by atoms with Gasteiger partial charge in [0.15, 0.2) is 0 Å². The molecule has 7 nitrogen and oxygen atoms in total. The summed E-state index contributed by atoms with van der Waals surface area (Å²) in [5.41, 5.74) is -0.279. The lowest BCUT2D eigenvalue weighted by Gasteiger charge is -2.20. The van der Waals surface area contributed by atoms with Crippen molar-refractivity contribution >= 4 is 0 Å². The Hall–Kier alpha value is -1.73. The van der Waals surface area contributed by atoms with Gasteiger partial charge in [0.2, 0.25) is 5.89 Å². The summed E-state index contributed by atoms with van der Waals surface area (Å²) in [6.45, 7) is 6.05. The van der Waals surface area contributed by atoms with E-state index in [0.717, 1.165) is 18.2 Å². The fourth-order valence-electron chi connectivity index (χ4n) is 3.10. The summed E-state index contributed by atoms with van der Waals surface area (Å²) < 4.78 is 7.60. The molecule has 0 radical (unpaired) electrons. The van der Waals surface area contributed by atoms with E-state index in [1.807, 2.05) is 26.2 Å². The molecule has 2 fully saturated rings. The molecule has 124 valence electrons. The van der Waals surface area contributed by atoms with Crippen molar-refractivity contribution in [3.05, 3.63) is 29.7 Å². The first-order chi connectivity index (χ1) is 11.0. The molecular formula is C16H23N5O2. The Kier molecular flexibility index (Phi) is 3.50. The van der Waals surface area contributed by atoms with Crippen molar-refractivity contribution in [2.24, 2.45) is 0 Å². The van der Waals surface area contributed by atoms with Crippen LogP contribution in [0.25, 0.3) is 0 Å². The maximum absolute atomic E-state index is 10.9. The van der Waals surface area contributed by atoms with E-state index in [9.17, 15) is 5.11 Å². The van der Waals surface area contributed by atoms with E-state index in [0.29, 0.717) is 31.1 Å². The van der Waals surface area contributed by atoms with Crippen LogP contribution in [0.15, 0.2) is 16.8 Å². The number of oxazole rings is 1. The van der Waals surface area contributed by atoms with Gasteiger partial charge in [0.1, 0.15) is 17.1 Å². The first-order valence-corrected chi connectivity index (χ1v) is 8.35. The summed E-state index contributed by atoms with van der Waals surface area (Å²) >= 11 is 0. The van der Waals surface area contributed by atoms with Crippen molar-refractivity contribution < 1.29 is 9.52 Å². The molecule has 1 aliphatic heterocycles. The second kappa shape index (κ2) is 5.42. The van der Waals surface area contributed by atoms with Crippen LogP contribution in [0.4, 0.5) is 0 Å². The minimum absolute atomic E-state index is 0.241. The van der Waals surface area contributed by atoms with Gasteiger partial charge < -0.3 is 9.52 Å². The molecule has 7 heteroatoms. The Labute approximate surface area is 135 Å². The van der Waals surface area contributed by atoms with E-state index in [1.54, 1.807) is 4.68 Å². The van der Waals surface area contributed by atoms with Crippen molar-refractivity contribution in [3.8, 4) is 0 Å². The molecule has 0 amide bonds. The van der Waals surface area contributed by atoms with Crippen molar-refractivity contribution in [1.82, 2.24) is 24.9 Å². The Balaban J connectivity index is 1.42. The molecule has 1 saturated heterocycles. The van der Waals surface area contributed by atoms with E-state index in [4.69, 9.17) is 4.42 Å². The highest BCUT2D eigenvalue weighted by Gasteiger charge is 2.40. The third-order valence-electron chi connectivity index (χ3n) is 4.75. The summed E-state index contributed by atoms with van der Waals surface area (Å²) in [5.74, 6) is 2.33. The van der Waals surface area contributed by atoms with Gasteiger partial charge in [-0.15, -0.1) is 5.10 Å². The summed E-state index contributed by atoms with van der Waals surface area (Å²) in [4.78, 5) is 6.53. The van der Waals surface area contributed by atoms with Gasteiger partial charge in [0.25, 0.3) is 0 Å². The third kappa shape index (κ3) is 2.90. The number of nitrogens with zero attached hydrogens (tertiary/aromatic N) is 5. The van der Waals surface area contributed by atoms with Gasteiger partial charge >= 0.3 is 0 Å². The van der Waals surface area contributed by atoms with Crippen LogP contribution in [0.1, 0.15) is 62.4 Å². The maximum atomic E-state index is 10.9. The monoisotopic (exact) mass is 317 g/mol. The topological polar surface area (TPSA) is 80.2 Å². The SMILES string of the molecule is CC(C)n1cc(C2(O)CCN(Cc3ncc(C4CC4)o3)C2)nn1. The van der Waals surface area contributed by atoms with Crippen LogP contribution in [0.3, 0.4) is 0 Å². The van der Waals surface area contributed by atoms with E-state index in [1.165, 1.54) is 12.8 Å². The minimum Gasteiger partial charge on any atom is -0.444 e. The van der Waals surface area contributed by atoms with Crippen molar-refractivity contribution in [3.63, 3.8) is 0 Å². The van der Waals surface area contributed by atoms with Crippen molar-refractivity contribution in [2.45, 2.75) is 57.2 Å². The standard InChI is InChI=1S/C16H23N5O2/c1-11(2)21-8-14(18-19-21)16(22)5-6-20(10-16)9-15-17-7-13(23-15)12-3-4-12/h7-8,11-12,22H,3-6,9-10H2,1-2H3. The van der Waals surface area contributed by atoms with Crippen LogP contribution in [0, 0.1) is 0 Å². The zero-order chi connectivity index (χ0) is 16.0. The van der Waals surface area contributed by atoms with Crippen LogP contribution in [0.2, 0.25) is 0 Å². The molecular weight excluding hydrogens is 294 g/mol. The van der Waals surface area contributed by atoms with Gasteiger partial charge in [0, 0.05) is 25.0 Å². The largest absolute Gasteiger partial charge is 0.444 e. The molecule has 2 aromatic rings. The van der Waals surface area contributed by atoms with Gasteiger partial charge in [-0.05, 0) is 33.1 Å². The molecule has 2 aliphatic rings. The molecule has 1 atom stereocenters. The predicted molar refractivity (Wildman–Crippen MR) is 82.7 cm³/mol. The van der Waals surface area contributed by atoms with Crippen molar-refractivity contribution in [2.75, 3.05) is 13.1 Å². The van der Waals surface area contributed by atoms with Gasteiger partial charge in [-0.2, -0.15) is 0 Å². The highest BCUT2D eigenvalue weighted by atomic mass is 16.4. The molecule has 3 heterocycles. The van der Waals surface area contributed by atoms with Gasteiger partial charge in [0.05, 0.1) is 18.9 Å². The molecule has 0 bridgehead atoms. The van der Waals surface area contributed by atoms with Crippen LogP contribution in [0.5, 0.6) is 0 Å². The number of hydrogen-bond acceptors (Lipinski definition) is 6. The second-order valence-electron chi connectivity index (χ2n) is 7.10. The Morgan fingerprint density at radius 2 is 2.26 bits per heavy atom. The maximum Gasteiger partial charge on any atom is 0.208 e.